The monoisotopic (exact) mass is 354 g/mol. The first kappa shape index (κ1) is 15.8. The lowest BCUT2D eigenvalue weighted by atomic mass is 10.3. The highest BCUT2D eigenvalue weighted by Crippen LogP contribution is 2.13. The highest BCUT2D eigenvalue weighted by Gasteiger charge is 2.15. The van der Waals surface area contributed by atoms with E-state index >= 15 is 0 Å². The van der Waals surface area contributed by atoms with Gasteiger partial charge >= 0.3 is 6.03 Å². The Morgan fingerprint density at radius 2 is 1.86 bits per heavy atom. The van der Waals surface area contributed by atoms with Crippen LogP contribution in [0.1, 0.15) is 6.42 Å². The molecule has 0 atom stereocenters. The van der Waals surface area contributed by atoms with Gasteiger partial charge in [-0.1, -0.05) is 15.9 Å². The van der Waals surface area contributed by atoms with Gasteiger partial charge < -0.3 is 20.9 Å². The maximum Gasteiger partial charge on any atom is 0.319 e. The summed E-state index contributed by atoms with van der Waals surface area (Å²) in [6.07, 6.45) is 0.327. The molecule has 0 radical (unpaired) electrons. The van der Waals surface area contributed by atoms with E-state index in [1.54, 1.807) is 12.1 Å². The molecule has 1 saturated heterocycles. The first-order chi connectivity index (χ1) is 10.1. The van der Waals surface area contributed by atoms with E-state index in [-0.39, 0.29) is 11.9 Å². The lowest BCUT2D eigenvalue weighted by Crippen LogP contribution is -2.47. The average molecular weight is 355 g/mol. The molecular weight excluding hydrogens is 336 g/mol. The zero-order chi connectivity index (χ0) is 15.1. The van der Waals surface area contributed by atoms with Crippen molar-refractivity contribution in [3.05, 3.63) is 28.7 Å². The Bertz CT molecular complexity index is 486. The molecule has 3 N–H and O–H groups in total. The third-order valence-electron chi connectivity index (χ3n) is 3.20. The van der Waals surface area contributed by atoms with Crippen molar-refractivity contribution in [2.45, 2.75) is 6.42 Å². The number of piperazine rings is 1. The van der Waals surface area contributed by atoms with Gasteiger partial charge in [0.1, 0.15) is 0 Å². The molecule has 0 unspecified atom stereocenters. The van der Waals surface area contributed by atoms with Gasteiger partial charge in [-0.25, -0.2) is 4.79 Å². The fourth-order valence-electron chi connectivity index (χ4n) is 2.06. The topological polar surface area (TPSA) is 73.5 Å². The van der Waals surface area contributed by atoms with Crippen LogP contribution >= 0.6 is 15.9 Å². The second kappa shape index (κ2) is 7.99. The van der Waals surface area contributed by atoms with Gasteiger partial charge in [-0.3, -0.25) is 4.79 Å². The molecule has 1 aliphatic heterocycles. The van der Waals surface area contributed by atoms with Crippen molar-refractivity contribution in [2.24, 2.45) is 0 Å². The van der Waals surface area contributed by atoms with Gasteiger partial charge in [0.25, 0.3) is 0 Å². The Kier molecular flexibility index (Phi) is 6.01. The van der Waals surface area contributed by atoms with Crippen molar-refractivity contribution in [3.63, 3.8) is 0 Å². The maximum absolute atomic E-state index is 11.9. The number of nitrogens with zero attached hydrogens (tertiary/aromatic N) is 1. The van der Waals surface area contributed by atoms with E-state index in [4.69, 9.17) is 0 Å². The number of carbonyl (C=O) groups is 2. The Labute approximate surface area is 132 Å². The van der Waals surface area contributed by atoms with E-state index in [1.165, 1.54) is 0 Å². The van der Waals surface area contributed by atoms with Crippen LogP contribution in [0.15, 0.2) is 28.7 Å². The smallest absolute Gasteiger partial charge is 0.319 e. The minimum absolute atomic E-state index is 0.0837. The molecule has 114 valence electrons. The van der Waals surface area contributed by atoms with Crippen molar-refractivity contribution in [2.75, 3.05) is 38.0 Å². The number of urea groups is 1. The minimum Gasteiger partial charge on any atom is -0.340 e. The number of hydrogen-bond donors (Lipinski definition) is 3. The van der Waals surface area contributed by atoms with Gasteiger partial charge in [0, 0.05) is 49.3 Å². The summed E-state index contributed by atoms with van der Waals surface area (Å²) in [4.78, 5) is 25.4. The number of hydrogen-bond acceptors (Lipinski definition) is 3. The van der Waals surface area contributed by atoms with Crippen LogP contribution in [0.4, 0.5) is 10.5 Å². The van der Waals surface area contributed by atoms with E-state index in [9.17, 15) is 9.59 Å². The predicted octanol–water partition coefficient (Wildman–Crippen LogP) is 1.39. The molecule has 2 rings (SSSR count). The zero-order valence-corrected chi connectivity index (χ0v) is 13.3. The van der Waals surface area contributed by atoms with Gasteiger partial charge in [0.05, 0.1) is 0 Å². The number of rotatable bonds is 4. The van der Waals surface area contributed by atoms with E-state index < -0.39 is 0 Å². The summed E-state index contributed by atoms with van der Waals surface area (Å²) in [6.45, 7) is 3.49. The van der Waals surface area contributed by atoms with E-state index in [1.807, 2.05) is 17.0 Å². The standard InChI is InChI=1S/C14H19BrN4O2/c15-11-1-3-12(4-2-11)18-14(21)17-6-5-13(20)19-9-7-16-8-10-19/h1-4,16H,5-10H2,(H2,17,18,21). The second-order valence-corrected chi connectivity index (χ2v) is 5.68. The molecular formula is C14H19BrN4O2. The van der Waals surface area contributed by atoms with E-state index in [0.29, 0.717) is 18.7 Å². The Morgan fingerprint density at radius 1 is 1.19 bits per heavy atom. The van der Waals surface area contributed by atoms with Crippen LogP contribution in [0.2, 0.25) is 0 Å². The van der Waals surface area contributed by atoms with Crippen molar-refractivity contribution in [3.8, 4) is 0 Å². The van der Waals surface area contributed by atoms with E-state index in [2.05, 4.69) is 31.9 Å². The summed E-state index contributed by atoms with van der Waals surface area (Å²) in [7, 11) is 0. The predicted molar refractivity (Wildman–Crippen MR) is 85.2 cm³/mol. The van der Waals surface area contributed by atoms with Crippen molar-refractivity contribution >= 4 is 33.6 Å². The number of amides is 3. The van der Waals surface area contributed by atoms with Gasteiger partial charge in [-0.05, 0) is 24.3 Å². The molecule has 0 aliphatic carbocycles. The number of nitrogens with one attached hydrogen (secondary N) is 3. The van der Waals surface area contributed by atoms with Crippen LogP contribution in [0.5, 0.6) is 0 Å². The molecule has 1 aliphatic rings. The zero-order valence-electron chi connectivity index (χ0n) is 11.7. The van der Waals surface area contributed by atoms with Crippen molar-refractivity contribution in [1.82, 2.24) is 15.5 Å². The fourth-order valence-corrected chi connectivity index (χ4v) is 2.33. The first-order valence-corrected chi connectivity index (χ1v) is 7.73. The molecule has 0 bridgehead atoms. The summed E-state index contributed by atoms with van der Waals surface area (Å²) in [6, 6.07) is 7.00. The molecule has 1 heterocycles. The molecule has 1 fully saturated rings. The average Bonchev–Trinajstić information content (AvgIpc) is 2.50. The summed E-state index contributed by atoms with van der Waals surface area (Å²) in [5.74, 6) is 0.0837. The summed E-state index contributed by atoms with van der Waals surface area (Å²) in [5.41, 5.74) is 0.712. The quantitative estimate of drug-likeness (QED) is 0.764. The maximum atomic E-state index is 11.9. The molecule has 1 aromatic carbocycles. The third kappa shape index (κ3) is 5.35. The molecule has 21 heavy (non-hydrogen) atoms. The van der Waals surface area contributed by atoms with Gasteiger partial charge in [-0.15, -0.1) is 0 Å². The molecule has 3 amide bonds. The number of anilines is 1. The number of halogens is 1. The molecule has 7 heteroatoms. The summed E-state index contributed by atoms with van der Waals surface area (Å²) < 4.78 is 0.954. The van der Waals surface area contributed by atoms with Gasteiger partial charge in [0.15, 0.2) is 0 Å². The molecule has 0 aromatic heterocycles. The van der Waals surface area contributed by atoms with Crippen LogP contribution in [-0.4, -0.2) is 49.6 Å². The third-order valence-corrected chi connectivity index (χ3v) is 3.72. The lowest BCUT2D eigenvalue weighted by Gasteiger charge is -2.27. The molecule has 1 aromatic rings. The van der Waals surface area contributed by atoms with E-state index in [0.717, 1.165) is 30.7 Å². The van der Waals surface area contributed by atoms with Gasteiger partial charge in [0.2, 0.25) is 5.91 Å². The SMILES string of the molecule is O=C(NCCC(=O)N1CCNCC1)Nc1ccc(Br)cc1. The largest absolute Gasteiger partial charge is 0.340 e. The summed E-state index contributed by atoms with van der Waals surface area (Å²) in [5, 5.41) is 8.61. The molecule has 0 saturated carbocycles. The second-order valence-electron chi connectivity index (χ2n) is 4.77. The van der Waals surface area contributed by atoms with Crippen molar-refractivity contribution in [1.29, 1.82) is 0 Å². The van der Waals surface area contributed by atoms with Crippen LogP contribution in [0, 0.1) is 0 Å². The fraction of sp³-hybridized carbons (Fsp3) is 0.429. The Hall–Kier alpha value is -1.60. The number of carbonyl (C=O) groups excluding carboxylic acids is 2. The molecule has 0 spiro atoms. The van der Waals surface area contributed by atoms with Crippen LogP contribution in [0.25, 0.3) is 0 Å². The lowest BCUT2D eigenvalue weighted by molar-refractivity contribution is -0.131. The van der Waals surface area contributed by atoms with Crippen LogP contribution in [-0.2, 0) is 4.79 Å². The van der Waals surface area contributed by atoms with Crippen LogP contribution < -0.4 is 16.0 Å². The summed E-state index contributed by atoms with van der Waals surface area (Å²) >= 11 is 3.33. The highest BCUT2D eigenvalue weighted by atomic mass is 79.9. The molecule has 6 nitrogen and oxygen atoms in total. The Morgan fingerprint density at radius 3 is 2.52 bits per heavy atom. The number of benzene rings is 1. The highest BCUT2D eigenvalue weighted by molar-refractivity contribution is 9.10. The van der Waals surface area contributed by atoms with Crippen molar-refractivity contribution < 1.29 is 9.59 Å². The van der Waals surface area contributed by atoms with Gasteiger partial charge in [-0.2, -0.15) is 0 Å². The van der Waals surface area contributed by atoms with Crippen LogP contribution in [0.3, 0.4) is 0 Å². The minimum atomic E-state index is -0.301. The normalized spacial score (nSPS) is 14.6. The Balaban J connectivity index is 1.66. The first-order valence-electron chi connectivity index (χ1n) is 6.94.